The van der Waals surface area contributed by atoms with Crippen LogP contribution >= 0.6 is 11.3 Å². The van der Waals surface area contributed by atoms with Crippen molar-refractivity contribution in [3.05, 3.63) is 170 Å². The van der Waals surface area contributed by atoms with E-state index in [0.29, 0.717) is 17.5 Å². The van der Waals surface area contributed by atoms with Crippen molar-refractivity contribution >= 4 is 53.3 Å². The van der Waals surface area contributed by atoms with Crippen molar-refractivity contribution in [2.45, 2.75) is 0 Å². The summed E-state index contributed by atoms with van der Waals surface area (Å²) < 4.78 is 5.00. The average molecular weight is 657 g/mol. The summed E-state index contributed by atoms with van der Waals surface area (Å²) in [6.07, 6.45) is 0. The Morgan fingerprint density at radius 3 is 1.50 bits per heavy atom. The number of aromatic nitrogens is 4. The van der Waals surface area contributed by atoms with Crippen molar-refractivity contribution in [3.8, 4) is 51.0 Å². The maximum atomic E-state index is 4.93. The molecule has 0 saturated heterocycles. The first kappa shape index (κ1) is 28.6. The summed E-state index contributed by atoms with van der Waals surface area (Å²) in [4.78, 5) is 14.7. The zero-order valence-electron chi connectivity index (χ0n) is 26.9. The van der Waals surface area contributed by atoms with E-state index >= 15 is 0 Å². The molecule has 3 heterocycles. The highest BCUT2D eigenvalue weighted by Crippen LogP contribution is 2.39. The quantitative estimate of drug-likeness (QED) is 0.185. The first-order valence-electron chi connectivity index (χ1n) is 16.7. The Hall–Kier alpha value is -6.43. The largest absolute Gasteiger partial charge is 0.309 e. The van der Waals surface area contributed by atoms with Gasteiger partial charge in [-0.25, -0.2) is 15.0 Å². The molecule has 0 saturated carbocycles. The maximum Gasteiger partial charge on any atom is 0.164 e. The van der Waals surface area contributed by atoms with Crippen LogP contribution in [0.25, 0.3) is 93.0 Å². The van der Waals surface area contributed by atoms with E-state index in [0.717, 1.165) is 22.4 Å². The topological polar surface area (TPSA) is 43.6 Å². The Bertz CT molecular complexity index is 2800. The van der Waals surface area contributed by atoms with Crippen molar-refractivity contribution < 1.29 is 0 Å². The molecule has 50 heavy (non-hydrogen) atoms. The van der Waals surface area contributed by atoms with E-state index in [1.165, 1.54) is 53.1 Å². The number of thiophene rings is 1. The predicted octanol–water partition coefficient (Wildman–Crippen LogP) is 12.0. The number of fused-ring (bicyclic) bond motifs is 6. The highest BCUT2D eigenvalue weighted by molar-refractivity contribution is 7.25. The highest BCUT2D eigenvalue weighted by Gasteiger charge is 2.16. The Morgan fingerprint density at radius 1 is 0.340 bits per heavy atom. The third-order valence-corrected chi connectivity index (χ3v) is 10.6. The monoisotopic (exact) mass is 656 g/mol. The number of rotatable bonds is 5. The molecule has 0 N–H and O–H groups in total. The van der Waals surface area contributed by atoms with Gasteiger partial charge in [0, 0.05) is 53.3 Å². The second-order valence-corrected chi connectivity index (χ2v) is 13.6. The zero-order chi connectivity index (χ0) is 33.0. The van der Waals surface area contributed by atoms with Crippen LogP contribution in [-0.2, 0) is 0 Å². The fourth-order valence-corrected chi connectivity index (χ4v) is 8.12. The zero-order valence-corrected chi connectivity index (χ0v) is 27.7. The third kappa shape index (κ3) is 4.79. The second kappa shape index (κ2) is 11.6. The summed E-state index contributed by atoms with van der Waals surface area (Å²) in [5.74, 6) is 1.96. The predicted molar refractivity (Wildman–Crippen MR) is 209 cm³/mol. The fraction of sp³-hybridized carbons (Fsp3) is 0. The number of benzene rings is 7. The molecule has 7 aromatic carbocycles. The van der Waals surface area contributed by atoms with Crippen molar-refractivity contribution in [2.24, 2.45) is 0 Å². The van der Waals surface area contributed by atoms with Crippen LogP contribution in [0.1, 0.15) is 0 Å². The van der Waals surface area contributed by atoms with Crippen molar-refractivity contribution in [3.63, 3.8) is 0 Å². The van der Waals surface area contributed by atoms with Crippen LogP contribution in [0.5, 0.6) is 0 Å². The van der Waals surface area contributed by atoms with Crippen LogP contribution in [0.3, 0.4) is 0 Å². The molecular weight excluding hydrogens is 629 g/mol. The summed E-state index contributed by atoms with van der Waals surface area (Å²) in [5, 5.41) is 5.10. The maximum absolute atomic E-state index is 4.93. The minimum absolute atomic E-state index is 0.645. The van der Waals surface area contributed by atoms with Gasteiger partial charge in [0.25, 0.3) is 0 Å². The van der Waals surface area contributed by atoms with Gasteiger partial charge in [0.1, 0.15) is 0 Å². The van der Waals surface area contributed by atoms with Gasteiger partial charge in [-0.3, -0.25) is 0 Å². The average Bonchev–Trinajstić information content (AvgIpc) is 3.73. The number of hydrogen-bond acceptors (Lipinski definition) is 4. The summed E-state index contributed by atoms with van der Waals surface area (Å²) in [7, 11) is 0. The first-order valence-corrected chi connectivity index (χ1v) is 17.5. The summed E-state index contributed by atoms with van der Waals surface area (Å²) in [5.41, 5.74) is 8.71. The van der Waals surface area contributed by atoms with Gasteiger partial charge >= 0.3 is 0 Å². The van der Waals surface area contributed by atoms with Gasteiger partial charge in [0.05, 0.1) is 11.0 Å². The SMILES string of the molecule is c1ccc(-c2nc(-c3ccccc3)nc(-c3ccc(-n4c5ccccc5c5cc(-c6ccc7sc8ccccc8c7c6)ccc54)cc3)n2)cc1. The Labute approximate surface area is 292 Å². The third-order valence-electron chi connectivity index (χ3n) is 9.47. The van der Waals surface area contributed by atoms with Crippen molar-refractivity contribution in [1.82, 2.24) is 19.5 Å². The lowest BCUT2D eigenvalue weighted by atomic mass is 10.0. The molecular formula is C45H28N4S. The van der Waals surface area contributed by atoms with E-state index in [4.69, 9.17) is 15.0 Å². The highest BCUT2D eigenvalue weighted by atomic mass is 32.1. The van der Waals surface area contributed by atoms with Gasteiger partial charge in [0.2, 0.25) is 0 Å². The van der Waals surface area contributed by atoms with Crippen LogP contribution in [0.15, 0.2) is 170 Å². The number of hydrogen-bond donors (Lipinski definition) is 0. The van der Waals surface area contributed by atoms with Gasteiger partial charge in [-0.05, 0) is 71.8 Å². The molecule has 3 aromatic heterocycles. The molecule has 0 fully saturated rings. The van der Waals surface area contributed by atoms with Crippen LogP contribution in [0.2, 0.25) is 0 Å². The van der Waals surface area contributed by atoms with Gasteiger partial charge in [-0.15, -0.1) is 11.3 Å². The van der Waals surface area contributed by atoms with E-state index in [2.05, 4.69) is 114 Å². The first-order chi connectivity index (χ1) is 24.8. The van der Waals surface area contributed by atoms with Gasteiger partial charge in [0.15, 0.2) is 17.5 Å². The molecule has 234 valence electrons. The molecule has 0 radical (unpaired) electrons. The molecule has 0 aliphatic heterocycles. The number of nitrogens with zero attached hydrogens (tertiary/aromatic N) is 4. The summed E-state index contributed by atoms with van der Waals surface area (Å²) >= 11 is 1.86. The van der Waals surface area contributed by atoms with Crippen molar-refractivity contribution in [2.75, 3.05) is 0 Å². The van der Waals surface area contributed by atoms with Crippen LogP contribution in [-0.4, -0.2) is 19.5 Å². The van der Waals surface area contributed by atoms with E-state index < -0.39 is 0 Å². The molecule has 10 rings (SSSR count). The number of para-hydroxylation sites is 1. The molecule has 0 unspecified atom stereocenters. The molecule has 0 aliphatic rings. The summed E-state index contributed by atoms with van der Waals surface area (Å²) in [6.45, 7) is 0. The smallest absolute Gasteiger partial charge is 0.164 e. The van der Waals surface area contributed by atoms with E-state index in [-0.39, 0.29) is 0 Å². The standard InChI is InChI=1S/C45H28N4S/c1-3-11-29(12-4-1)43-46-44(30-13-5-2-6-14-30)48-45(47-43)31-19-23-34(24-20-31)49-39-17-9-7-15-35(39)37-27-32(21-25-40(37)49)33-22-26-42-38(28-33)36-16-8-10-18-41(36)50-42/h1-28H. The lowest BCUT2D eigenvalue weighted by Crippen LogP contribution is -2.00. The molecule has 10 aromatic rings. The molecule has 0 amide bonds. The fourth-order valence-electron chi connectivity index (χ4n) is 7.03. The van der Waals surface area contributed by atoms with E-state index in [1.54, 1.807) is 0 Å². The van der Waals surface area contributed by atoms with Crippen LogP contribution in [0, 0.1) is 0 Å². The minimum Gasteiger partial charge on any atom is -0.309 e. The lowest BCUT2D eigenvalue weighted by Gasteiger charge is -2.11. The normalized spacial score (nSPS) is 11.6. The molecule has 0 spiro atoms. The Balaban J connectivity index is 1.07. The Kier molecular flexibility index (Phi) is 6.64. The molecule has 0 bridgehead atoms. The Morgan fingerprint density at radius 2 is 0.820 bits per heavy atom. The minimum atomic E-state index is 0.645. The van der Waals surface area contributed by atoms with Crippen LogP contribution < -0.4 is 0 Å². The van der Waals surface area contributed by atoms with Crippen molar-refractivity contribution in [1.29, 1.82) is 0 Å². The van der Waals surface area contributed by atoms with Crippen LogP contribution in [0.4, 0.5) is 0 Å². The lowest BCUT2D eigenvalue weighted by molar-refractivity contribution is 1.07. The van der Waals surface area contributed by atoms with Gasteiger partial charge in [-0.1, -0.05) is 109 Å². The second-order valence-electron chi connectivity index (χ2n) is 12.5. The molecule has 4 nitrogen and oxygen atoms in total. The van der Waals surface area contributed by atoms with Gasteiger partial charge in [-0.2, -0.15) is 0 Å². The van der Waals surface area contributed by atoms with Gasteiger partial charge < -0.3 is 4.57 Å². The molecule has 5 heteroatoms. The van der Waals surface area contributed by atoms with E-state index in [9.17, 15) is 0 Å². The van der Waals surface area contributed by atoms with E-state index in [1.807, 2.05) is 72.0 Å². The molecule has 0 aliphatic carbocycles. The molecule has 0 atom stereocenters. The summed E-state index contributed by atoms with van der Waals surface area (Å²) in [6, 6.07) is 59.8.